The van der Waals surface area contributed by atoms with E-state index in [0.29, 0.717) is 23.1 Å². The van der Waals surface area contributed by atoms with E-state index in [0.717, 1.165) is 27.6 Å². The molecule has 1 aromatic heterocycles. The van der Waals surface area contributed by atoms with Crippen LogP contribution in [-0.2, 0) is 17.9 Å². The number of nitrogens with one attached hydrogen (secondary N) is 1. The summed E-state index contributed by atoms with van der Waals surface area (Å²) in [5, 5.41) is 14.4. The van der Waals surface area contributed by atoms with E-state index in [9.17, 15) is 10.1 Å². The molecule has 4 aromatic rings. The van der Waals surface area contributed by atoms with Crippen molar-refractivity contribution in [2.45, 2.75) is 13.1 Å². The lowest BCUT2D eigenvalue weighted by atomic mass is 10.1. The molecule has 6 heteroatoms. The van der Waals surface area contributed by atoms with E-state index in [1.54, 1.807) is 12.1 Å². The Morgan fingerprint density at radius 1 is 0.969 bits per heavy atom. The highest BCUT2D eigenvalue weighted by Gasteiger charge is 2.13. The second kappa shape index (κ2) is 9.74. The van der Waals surface area contributed by atoms with Gasteiger partial charge in [-0.15, -0.1) is 0 Å². The largest absolute Gasteiger partial charge is 0.347 e. The van der Waals surface area contributed by atoms with Crippen LogP contribution in [0.1, 0.15) is 16.7 Å². The molecule has 0 aliphatic heterocycles. The first-order valence-corrected chi connectivity index (χ1v) is 10.8. The van der Waals surface area contributed by atoms with Crippen LogP contribution in [0.15, 0.2) is 84.6 Å². The van der Waals surface area contributed by atoms with E-state index >= 15 is 0 Å². The smallest absolute Gasteiger partial charge is 0.262 e. The van der Waals surface area contributed by atoms with Gasteiger partial charge >= 0.3 is 0 Å². The molecule has 1 N–H and O–H groups in total. The standard InChI is InChI=1S/C26H19Cl2N3O/c27-23-11-10-19(12-24(23)28)16-31-17-21(22-8-4-5-9-25(22)31)13-20(14-29)26(32)30-15-18-6-2-1-3-7-18/h1-13,17H,15-16H2,(H,30,32)/b20-13-. The normalized spacial score (nSPS) is 11.3. The van der Waals surface area contributed by atoms with Gasteiger partial charge in [-0.1, -0.05) is 77.8 Å². The van der Waals surface area contributed by atoms with Crippen LogP contribution in [0, 0.1) is 11.3 Å². The number of carbonyl (C=O) groups is 1. The number of hydrogen-bond donors (Lipinski definition) is 1. The van der Waals surface area contributed by atoms with Crippen molar-refractivity contribution in [2.75, 3.05) is 0 Å². The van der Waals surface area contributed by atoms with E-state index in [2.05, 4.69) is 9.88 Å². The van der Waals surface area contributed by atoms with E-state index in [1.807, 2.05) is 79.0 Å². The predicted molar refractivity (Wildman–Crippen MR) is 129 cm³/mol. The highest BCUT2D eigenvalue weighted by molar-refractivity contribution is 6.42. The van der Waals surface area contributed by atoms with Crippen molar-refractivity contribution in [3.05, 3.63) is 111 Å². The minimum Gasteiger partial charge on any atom is -0.347 e. The maximum Gasteiger partial charge on any atom is 0.262 e. The van der Waals surface area contributed by atoms with Crippen molar-refractivity contribution in [2.24, 2.45) is 0 Å². The van der Waals surface area contributed by atoms with E-state index in [4.69, 9.17) is 23.2 Å². The van der Waals surface area contributed by atoms with Crippen LogP contribution in [0.3, 0.4) is 0 Å². The summed E-state index contributed by atoms with van der Waals surface area (Å²) in [5.74, 6) is -0.405. The van der Waals surface area contributed by atoms with Crippen LogP contribution in [0.2, 0.25) is 10.0 Å². The van der Waals surface area contributed by atoms with Gasteiger partial charge in [-0.3, -0.25) is 4.79 Å². The molecule has 0 saturated heterocycles. The number of fused-ring (bicyclic) bond motifs is 1. The maximum absolute atomic E-state index is 12.6. The fourth-order valence-electron chi connectivity index (χ4n) is 3.53. The number of halogens is 2. The molecule has 158 valence electrons. The maximum atomic E-state index is 12.6. The molecule has 3 aromatic carbocycles. The van der Waals surface area contributed by atoms with Crippen LogP contribution >= 0.6 is 23.2 Å². The van der Waals surface area contributed by atoms with Crippen molar-refractivity contribution in [1.82, 2.24) is 9.88 Å². The molecule has 0 aliphatic carbocycles. The van der Waals surface area contributed by atoms with E-state index in [-0.39, 0.29) is 5.57 Å². The number of nitriles is 1. The summed E-state index contributed by atoms with van der Waals surface area (Å²) in [6.45, 7) is 0.936. The third-order valence-electron chi connectivity index (χ3n) is 5.12. The summed E-state index contributed by atoms with van der Waals surface area (Å²) in [6.07, 6.45) is 3.57. The minimum atomic E-state index is -0.405. The summed E-state index contributed by atoms with van der Waals surface area (Å²) in [4.78, 5) is 12.6. The number of para-hydroxylation sites is 1. The summed E-state index contributed by atoms with van der Waals surface area (Å²) in [7, 11) is 0. The molecule has 0 aliphatic rings. The predicted octanol–water partition coefficient (Wildman–Crippen LogP) is 6.22. The monoisotopic (exact) mass is 459 g/mol. The lowest BCUT2D eigenvalue weighted by Gasteiger charge is -2.06. The van der Waals surface area contributed by atoms with Crippen molar-refractivity contribution in [3.63, 3.8) is 0 Å². The van der Waals surface area contributed by atoms with Gasteiger partial charge in [0.25, 0.3) is 5.91 Å². The zero-order valence-corrected chi connectivity index (χ0v) is 18.6. The molecule has 0 radical (unpaired) electrons. The van der Waals surface area contributed by atoms with Gasteiger partial charge < -0.3 is 9.88 Å². The molecule has 32 heavy (non-hydrogen) atoms. The third-order valence-corrected chi connectivity index (χ3v) is 5.86. The molecule has 4 rings (SSSR count). The number of rotatable bonds is 6. The van der Waals surface area contributed by atoms with E-state index in [1.165, 1.54) is 0 Å². The van der Waals surface area contributed by atoms with Crippen LogP contribution in [0.25, 0.3) is 17.0 Å². The number of aromatic nitrogens is 1. The van der Waals surface area contributed by atoms with Crippen molar-refractivity contribution in [1.29, 1.82) is 5.26 Å². The fraction of sp³-hybridized carbons (Fsp3) is 0.0769. The zero-order valence-electron chi connectivity index (χ0n) is 17.1. The number of nitrogens with zero attached hydrogens (tertiary/aromatic N) is 2. The molecular formula is C26H19Cl2N3O. The molecule has 1 amide bonds. The first kappa shape index (κ1) is 21.7. The first-order chi connectivity index (χ1) is 15.5. The summed E-state index contributed by atoms with van der Waals surface area (Å²) >= 11 is 12.2. The summed E-state index contributed by atoms with van der Waals surface area (Å²) < 4.78 is 2.07. The SMILES string of the molecule is N#C/C(=C/c1cn(Cc2ccc(Cl)c(Cl)c2)c2ccccc12)C(=O)NCc1ccccc1. The lowest BCUT2D eigenvalue weighted by molar-refractivity contribution is -0.117. The molecule has 1 heterocycles. The number of amides is 1. The average molecular weight is 460 g/mol. The highest BCUT2D eigenvalue weighted by atomic mass is 35.5. The number of benzene rings is 3. The Morgan fingerprint density at radius 3 is 2.47 bits per heavy atom. The molecule has 0 bridgehead atoms. The van der Waals surface area contributed by atoms with Gasteiger partial charge in [-0.25, -0.2) is 0 Å². The Morgan fingerprint density at radius 2 is 1.72 bits per heavy atom. The third kappa shape index (κ3) is 4.86. The Balaban J connectivity index is 1.62. The lowest BCUT2D eigenvalue weighted by Crippen LogP contribution is -2.23. The average Bonchev–Trinajstić information content (AvgIpc) is 3.16. The molecular weight excluding hydrogens is 441 g/mol. The highest BCUT2D eigenvalue weighted by Crippen LogP contribution is 2.27. The molecule has 0 fully saturated rings. The number of carbonyl (C=O) groups excluding carboxylic acids is 1. The van der Waals surface area contributed by atoms with Gasteiger partial charge in [0.2, 0.25) is 0 Å². The summed E-state index contributed by atoms with van der Waals surface area (Å²) in [5.41, 5.74) is 3.81. The Kier molecular flexibility index (Phi) is 6.61. The van der Waals surface area contributed by atoms with Gasteiger partial charge in [0.1, 0.15) is 11.6 Å². The van der Waals surface area contributed by atoms with Gasteiger partial charge in [0, 0.05) is 35.8 Å². The zero-order chi connectivity index (χ0) is 22.5. The molecule has 0 atom stereocenters. The van der Waals surface area contributed by atoms with Crippen LogP contribution in [0.4, 0.5) is 0 Å². The van der Waals surface area contributed by atoms with E-state index < -0.39 is 5.91 Å². The summed E-state index contributed by atoms with van der Waals surface area (Å²) in [6, 6.07) is 25.0. The van der Waals surface area contributed by atoms with Crippen molar-refractivity contribution >= 4 is 46.1 Å². The van der Waals surface area contributed by atoms with Crippen LogP contribution in [0.5, 0.6) is 0 Å². The van der Waals surface area contributed by atoms with Crippen molar-refractivity contribution < 1.29 is 4.79 Å². The van der Waals surface area contributed by atoms with Gasteiger partial charge in [-0.05, 0) is 35.4 Å². The quantitative estimate of drug-likeness (QED) is 0.274. The molecule has 0 saturated carbocycles. The van der Waals surface area contributed by atoms with Crippen LogP contribution < -0.4 is 5.32 Å². The molecule has 0 unspecified atom stereocenters. The fourth-order valence-corrected chi connectivity index (χ4v) is 3.85. The van der Waals surface area contributed by atoms with Crippen molar-refractivity contribution in [3.8, 4) is 6.07 Å². The minimum absolute atomic E-state index is 0.0540. The Labute approximate surface area is 196 Å². The number of hydrogen-bond acceptors (Lipinski definition) is 2. The first-order valence-electron chi connectivity index (χ1n) is 10.0. The second-order valence-electron chi connectivity index (χ2n) is 7.32. The Bertz CT molecular complexity index is 1350. The van der Waals surface area contributed by atoms with Crippen LogP contribution in [-0.4, -0.2) is 10.5 Å². The topological polar surface area (TPSA) is 57.8 Å². The second-order valence-corrected chi connectivity index (χ2v) is 8.13. The van der Waals surface area contributed by atoms with Gasteiger partial charge in [0.05, 0.1) is 10.0 Å². The molecule has 4 nitrogen and oxygen atoms in total. The van der Waals surface area contributed by atoms with Gasteiger partial charge in [-0.2, -0.15) is 5.26 Å². The molecule has 0 spiro atoms. The Hall–Kier alpha value is -3.52. The van der Waals surface area contributed by atoms with Gasteiger partial charge in [0.15, 0.2) is 0 Å².